The average Bonchev–Trinajstić information content (AvgIpc) is 2.87. The Kier molecular flexibility index (Phi) is 3.57. The summed E-state index contributed by atoms with van der Waals surface area (Å²) in [5.74, 6) is 0. The van der Waals surface area contributed by atoms with Gasteiger partial charge in [0.25, 0.3) is 0 Å². The van der Waals surface area contributed by atoms with Crippen LogP contribution < -0.4 is 4.90 Å². The number of amides is 2. The van der Waals surface area contributed by atoms with Crippen molar-refractivity contribution in [3.8, 4) is 10.6 Å². The van der Waals surface area contributed by atoms with Crippen LogP contribution >= 0.6 is 11.3 Å². The van der Waals surface area contributed by atoms with Gasteiger partial charge >= 0.3 is 6.03 Å². The highest BCUT2D eigenvalue weighted by Crippen LogP contribution is 2.27. The molecule has 0 saturated carbocycles. The molecule has 1 aromatic carbocycles. The summed E-state index contributed by atoms with van der Waals surface area (Å²) in [5, 5.41) is 9.55. The van der Waals surface area contributed by atoms with Gasteiger partial charge in [0.1, 0.15) is 5.01 Å². The summed E-state index contributed by atoms with van der Waals surface area (Å²) in [7, 11) is 5.10. The number of rotatable bonds is 2. The third-order valence-corrected chi connectivity index (χ3v) is 3.44. The fourth-order valence-corrected chi connectivity index (χ4v) is 2.24. The highest BCUT2D eigenvalue weighted by Gasteiger charge is 2.17. The van der Waals surface area contributed by atoms with Gasteiger partial charge in [-0.3, -0.25) is 4.90 Å². The largest absolute Gasteiger partial charge is 0.330 e. The molecule has 0 unspecified atom stereocenters. The van der Waals surface area contributed by atoms with Crippen LogP contribution in [0.5, 0.6) is 0 Å². The molecule has 2 aromatic rings. The lowest BCUT2D eigenvalue weighted by molar-refractivity contribution is 0.225. The molecule has 0 spiro atoms. The van der Waals surface area contributed by atoms with Crippen LogP contribution in [-0.4, -0.2) is 42.3 Å². The van der Waals surface area contributed by atoms with E-state index in [1.54, 1.807) is 21.1 Å². The molecule has 0 aliphatic carbocycles. The van der Waals surface area contributed by atoms with Gasteiger partial charge in [0, 0.05) is 26.7 Å². The van der Waals surface area contributed by atoms with Crippen LogP contribution in [0.2, 0.25) is 0 Å². The normalized spacial score (nSPS) is 10.2. The van der Waals surface area contributed by atoms with E-state index < -0.39 is 0 Å². The molecule has 0 radical (unpaired) electrons. The third kappa shape index (κ3) is 2.48. The van der Waals surface area contributed by atoms with Gasteiger partial charge in [-0.1, -0.05) is 41.7 Å². The fraction of sp³-hybridized carbons (Fsp3) is 0.250. The smallest absolute Gasteiger partial charge is 0.325 e. The number of carbonyl (C=O) groups is 1. The Balaban J connectivity index is 2.24. The highest BCUT2D eigenvalue weighted by molar-refractivity contribution is 7.18. The van der Waals surface area contributed by atoms with Gasteiger partial charge in [-0.05, 0) is 0 Å². The Morgan fingerprint density at radius 3 is 2.39 bits per heavy atom. The number of anilines is 1. The van der Waals surface area contributed by atoms with Crippen LogP contribution in [-0.2, 0) is 0 Å². The third-order valence-electron chi connectivity index (χ3n) is 2.39. The van der Waals surface area contributed by atoms with Gasteiger partial charge in [0.05, 0.1) is 0 Å². The van der Waals surface area contributed by atoms with Crippen LogP contribution in [0, 0.1) is 0 Å². The number of benzene rings is 1. The lowest BCUT2D eigenvalue weighted by atomic mass is 10.2. The summed E-state index contributed by atoms with van der Waals surface area (Å²) < 4.78 is 0. The second kappa shape index (κ2) is 5.14. The summed E-state index contributed by atoms with van der Waals surface area (Å²) in [4.78, 5) is 14.8. The van der Waals surface area contributed by atoms with Crippen LogP contribution in [0.4, 0.5) is 9.93 Å². The summed E-state index contributed by atoms with van der Waals surface area (Å²) in [6.45, 7) is 0. The molecular weight excluding hydrogens is 248 g/mol. The molecule has 18 heavy (non-hydrogen) atoms. The summed E-state index contributed by atoms with van der Waals surface area (Å²) >= 11 is 1.40. The average molecular weight is 262 g/mol. The van der Waals surface area contributed by atoms with Gasteiger partial charge in [-0.25, -0.2) is 4.79 Å². The van der Waals surface area contributed by atoms with Gasteiger partial charge in [0.15, 0.2) is 0 Å². The SMILES string of the molecule is CN(C)C(=O)N(C)c1nnc(-c2ccccc2)s1. The first kappa shape index (κ1) is 12.5. The van der Waals surface area contributed by atoms with E-state index in [1.807, 2.05) is 30.3 Å². The molecule has 0 aliphatic rings. The minimum atomic E-state index is -0.120. The van der Waals surface area contributed by atoms with Crippen molar-refractivity contribution >= 4 is 22.5 Å². The molecule has 1 heterocycles. The molecule has 0 aliphatic heterocycles. The summed E-state index contributed by atoms with van der Waals surface area (Å²) in [6.07, 6.45) is 0. The van der Waals surface area contributed by atoms with Crippen LogP contribution in [0.1, 0.15) is 0 Å². The maximum absolute atomic E-state index is 11.8. The van der Waals surface area contributed by atoms with Crippen molar-refractivity contribution in [3.63, 3.8) is 0 Å². The number of hydrogen-bond acceptors (Lipinski definition) is 4. The molecule has 0 bridgehead atoms. The van der Waals surface area contributed by atoms with Crippen molar-refractivity contribution in [3.05, 3.63) is 30.3 Å². The van der Waals surface area contributed by atoms with Crippen molar-refractivity contribution in [2.45, 2.75) is 0 Å². The standard InChI is InChI=1S/C12H14N4OS/c1-15(2)12(17)16(3)11-14-13-10(18-11)9-7-5-4-6-8-9/h4-8H,1-3H3. The predicted molar refractivity (Wildman–Crippen MR) is 72.8 cm³/mol. The first-order valence-electron chi connectivity index (χ1n) is 5.43. The minimum Gasteiger partial charge on any atom is -0.330 e. The van der Waals surface area contributed by atoms with Gasteiger partial charge in [0.2, 0.25) is 5.13 Å². The summed E-state index contributed by atoms with van der Waals surface area (Å²) in [6, 6.07) is 9.67. The number of urea groups is 1. The Bertz CT molecular complexity index is 538. The highest BCUT2D eigenvalue weighted by atomic mass is 32.1. The Morgan fingerprint density at radius 2 is 1.78 bits per heavy atom. The van der Waals surface area contributed by atoms with Crippen LogP contribution in [0.15, 0.2) is 30.3 Å². The van der Waals surface area contributed by atoms with Gasteiger partial charge in [-0.2, -0.15) is 0 Å². The predicted octanol–water partition coefficient (Wildman–Crippen LogP) is 2.32. The van der Waals surface area contributed by atoms with Crippen molar-refractivity contribution in [1.29, 1.82) is 0 Å². The van der Waals surface area contributed by atoms with Crippen molar-refractivity contribution in [2.24, 2.45) is 0 Å². The zero-order valence-electron chi connectivity index (χ0n) is 10.5. The Hall–Kier alpha value is -1.95. The maximum Gasteiger partial charge on any atom is 0.325 e. The topological polar surface area (TPSA) is 49.3 Å². The molecule has 0 saturated heterocycles. The molecular formula is C12H14N4OS. The van der Waals surface area contributed by atoms with Crippen LogP contribution in [0.3, 0.4) is 0 Å². The van der Waals surface area contributed by atoms with Crippen molar-refractivity contribution < 1.29 is 4.79 Å². The zero-order valence-corrected chi connectivity index (χ0v) is 11.3. The molecule has 5 nitrogen and oxygen atoms in total. The number of aromatic nitrogens is 2. The molecule has 2 rings (SSSR count). The molecule has 2 amide bonds. The Labute approximate surface area is 110 Å². The second-order valence-corrected chi connectivity index (χ2v) is 4.95. The van der Waals surface area contributed by atoms with E-state index in [-0.39, 0.29) is 6.03 Å². The van der Waals surface area contributed by atoms with Gasteiger partial charge in [-0.15, -0.1) is 10.2 Å². The first-order chi connectivity index (χ1) is 8.59. The lowest BCUT2D eigenvalue weighted by Gasteiger charge is -2.18. The van der Waals surface area contributed by atoms with E-state index in [2.05, 4.69) is 10.2 Å². The number of carbonyl (C=O) groups excluding carboxylic acids is 1. The summed E-state index contributed by atoms with van der Waals surface area (Å²) in [5.41, 5.74) is 1.01. The second-order valence-electron chi connectivity index (χ2n) is 3.99. The molecule has 0 N–H and O–H groups in total. The van der Waals surface area contributed by atoms with E-state index >= 15 is 0 Å². The van der Waals surface area contributed by atoms with E-state index in [1.165, 1.54) is 21.1 Å². The Morgan fingerprint density at radius 1 is 1.11 bits per heavy atom. The minimum absolute atomic E-state index is 0.120. The van der Waals surface area contributed by atoms with E-state index in [0.717, 1.165) is 10.6 Å². The number of hydrogen-bond donors (Lipinski definition) is 0. The zero-order chi connectivity index (χ0) is 13.1. The van der Waals surface area contributed by atoms with Gasteiger partial charge < -0.3 is 4.90 Å². The number of nitrogens with zero attached hydrogens (tertiary/aromatic N) is 4. The van der Waals surface area contributed by atoms with Crippen LogP contribution in [0.25, 0.3) is 10.6 Å². The van der Waals surface area contributed by atoms with E-state index in [9.17, 15) is 4.79 Å². The van der Waals surface area contributed by atoms with E-state index in [0.29, 0.717) is 5.13 Å². The maximum atomic E-state index is 11.8. The quantitative estimate of drug-likeness (QED) is 0.834. The molecule has 0 atom stereocenters. The molecule has 94 valence electrons. The van der Waals surface area contributed by atoms with Crippen molar-refractivity contribution in [1.82, 2.24) is 15.1 Å². The lowest BCUT2D eigenvalue weighted by Crippen LogP contribution is -2.36. The first-order valence-corrected chi connectivity index (χ1v) is 6.25. The molecule has 1 aromatic heterocycles. The molecule has 0 fully saturated rings. The van der Waals surface area contributed by atoms with Crippen molar-refractivity contribution in [2.75, 3.05) is 26.0 Å². The van der Waals surface area contributed by atoms with E-state index in [4.69, 9.17) is 0 Å². The fourth-order valence-electron chi connectivity index (χ4n) is 1.43. The monoisotopic (exact) mass is 262 g/mol. The molecule has 6 heteroatoms.